The molecule has 0 fully saturated rings. The number of benzene rings is 1. The standard InChI is InChI=1S/C14H13N3O/c1-18-12-5-6-17-13(9-16-14(17)8-12)10-3-2-4-11(15)7-10/h2-9H,15H2,1H3. The van der Waals surface area contributed by atoms with Crippen LogP contribution in [-0.4, -0.2) is 16.5 Å². The number of rotatable bonds is 2. The van der Waals surface area contributed by atoms with E-state index in [0.29, 0.717) is 0 Å². The maximum Gasteiger partial charge on any atom is 0.140 e. The first kappa shape index (κ1) is 10.7. The third kappa shape index (κ3) is 1.68. The highest BCUT2D eigenvalue weighted by atomic mass is 16.5. The van der Waals surface area contributed by atoms with E-state index in [9.17, 15) is 0 Å². The van der Waals surface area contributed by atoms with E-state index < -0.39 is 0 Å². The van der Waals surface area contributed by atoms with Crippen molar-refractivity contribution in [2.45, 2.75) is 0 Å². The molecule has 2 heterocycles. The molecule has 4 nitrogen and oxygen atoms in total. The van der Waals surface area contributed by atoms with Crippen molar-refractivity contribution in [2.24, 2.45) is 0 Å². The molecule has 0 aliphatic rings. The quantitative estimate of drug-likeness (QED) is 0.699. The van der Waals surface area contributed by atoms with Crippen molar-refractivity contribution >= 4 is 11.3 Å². The number of aromatic nitrogens is 2. The third-order valence-electron chi connectivity index (χ3n) is 2.90. The fraction of sp³-hybridized carbons (Fsp3) is 0.0714. The van der Waals surface area contributed by atoms with E-state index in [2.05, 4.69) is 4.98 Å². The number of nitrogen functional groups attached to an aromatic ring is 1. The average molecular weight is 239 g/mol. The van der Waals surface area contributed by atoms with Crippen LogP contribution in [0.25, 0.3) is 16.9 Å². The highest BCUT2D eigenvalue weighted by Crippen LogP contribution is 2.24. The number of imidazole rings is 1. The molecule has 0 aliphatic carbocycles. The summed E-state index contributed by atoms with van der Waals surface area (Å²) in [6, 6.07) is 11.6. The third-order valence-corrected chi connectivity index (χ3v) is 2.90. The van der Waals surface area contributed by atoms with Crippen molar-refractivity contribution < 1.29 is 4.74 Å². The molecule has 3 rings (SSSR count). The number of anilines is 1. The maximum absolute atomic E-state index is 5.80. The first-order valence-electron chi connectivity index (χ1n) is 5.65. The van der Waals surface area contributed by atoms with Crippen LogP contribution in [0.5, 0.6) is 5.75 Å². The highest BCUT2D eigenvalue weighted by molar-refractivity contribution is 5.67. The lowest BCUT2D eigenvalue weighted by molar-refractivity contribution is 0.414. The number of hydrogen-bond acceptors (Lipinski definition) is 3. The zero-order valence-corrected chi connectivity index (χ0v) is 10.00. The van der Waals surface area contributed by atoms with Crippen LogP contribution < -0.4 is 10.5 Å². The smallest absolute Gasteiger partial charge is 0.140 e. The Bertz CT molecular complexity index is 703. The Balaban J connectivity index is 2.18. The van der Waals surface area contributed by atoms with Crippen molar-refractivity contribution in [3.05, 3.63) is 48.8 Å². The summed E-state index contributed by atoms with van der Waals surface area (Å²) in [5, 5.41) is 0. The van der Waals surface area contributed by atoms with Gasteiger partial charge in [-0.2, -0.15) is 0 Å². The molecule has 0 spiro atoms. The number of hydrogen-bond donors (Lipinski definition) is 1. The molecule has 2 N–H and O–H groups in total. The van der Waals surface area contributed by atoms with E-state index in [1.54, 1.807) is 7.11 Å². The van der Waals surface area contributed by atoms with Crippen LogP contribution in [0.15, 0.2) is 48.8 Å². The van der Waals surface area contributed by atoms with Gasteiger partial charge in [0.1, 0.15) is 11.4 Å². The van der Waals surface area contributed by atoms with Gasteiger partial charge in [-0.1, -0.05) is 12.1 Å². The first-order valence-corrected chi connectivity index (χ1v) is 5.65. The van der Waals surface area contributed by atoms with Crippen molar-refractivity contribution in [1.82, 2.24) is 9.38 Å². The highest BCUT2D eigenvalue weighted by Gasteiger charge is 2.06. The predicted molar refractivity (Wildman–Crippen MR) is 71.6 cm³/mol. The molecule has 90 valence electrons. The molecule has 0 saturated carbocycles. The Morgan fingerprint density at radius 2 is 2.11 bits per heavy atom. The Hall–Kier alpha value is -2.49. The molecule has 0 saturated heterocycles. The molecular weight excluding hydrogens is 226 g/mol. The number of nitrogens with zero attached hydrogens (tertiary/aromatic N) is 2. The second-order valence-electron chi connectivity index (χ2n) is 4.06. The lowest BCUT2D eigenvalue weighted by atomic mass is 10.1. The topological polar surface area (TPSA) is 52.5 Å². The number of pyridine rings is 1. The maximum atomic E-state index is 5.80. The summed E-state index contributed by atoms with van der Waals surface area (Å²) in [6.07, 6.45) is 3.78. The fourth-order valence-electron chi connectivity index (χ4n) is 2.00. The SMILES string of the molecule is COc1ccn2c(-c3cccc(N)c3)cnc2c1. The second kappa shape index (κ2) is 4.07. The van der Waals surface area contributed by atoms with Crippen LogP contribution in [-0.2, 0) is 0 Å². The van der Waals surface area contributed by atoms with E-state index in [-0.39, 0.29) is 0 Å². The summed E-state index contributed by atoms with van der Waals surface area (Å²) in [5.41, 5.74) is 9.47. The van der Waals surface area contributed by atoms with Crippen molar-refractivity contribution in [2.75, 3.05) is 12.8 Å². The van der Waals surface area contributed by atoms with Gasteiger partial charge in [0.05, 0.1) is 19.0 Å². The fourth-order valence-corrected chi connectivity index (χ4v) is 2.00. The number of methoxy groups -OCH3 is 1. The van der Waals surface area contributed by atoms with Gasteiger partial charge < -0.3 is 10.5 Å². The summed E-state index contributed by atoms with van der Waals surface area (Å²) < 4.78 is 7.19. The van der Waals surface area contributed by atoms with Gasteiger partial charge in [-0.05, 0) is 18.2 Å². The molecule has 0 aliphatic heterocycles. The van der Waals surface area contributed by atoms with E-state index in [4.69, 9.17) is 10.5 Å². The minimum Gasteiger partial charge on any atom is -0.497 e. The van der Waals surface area contributed by atoms with Gasteiger partial charge in [0.25, 0.3) is 0 Å². The molecule has 1 aromatic carbocycles. The normalized spacial score (nSPS) is 10.7. The lowest BCUT2D eigenvalue weighted by Crippen LogP contribution is -1.91. The van der Waals surface area contributed by atoms with E-state index >= 15 is 0 Å². The molecule has 0 radical (unpaired) electrons. The number of fused-ring (bicyclic) bond motifs is 1. The van der Waals surface area contributed by atoms with E-state index in [1.807, 2.05) is 53.2 Å². The Morgan fingerprint density at radius 3 is 2.89 bits per heavy atom. The van der Waals surface area contributed by atoms with Gasteiger partial charge in [-0.15, -0.1) is 0 Å². The van der Waals surface area contributed by atoms with Crippen LogP contribution in [0.1, 0.15) is 0 Å². The van der Waals surface area contributed by atoms with Crippen LogP contribution in [0.3, 0.4) is 0 Å². The minimum absolute atomic E-state index is 0.746. The lowest BCUT2D eigenvalue weighted by Gasteiger charge is -2.04. The Kier molecular flexibility index (Phi) is 2.41. The summed E-state index contributed by atoms with van der Waals surface area (Å²) in [5.74, 6) is 0.798. The predicted octanol–water partition coefficient (Wildman–Crippen LogP) is 2.59. The van der Waals surface area contributed by atoms with Crippen LogP contribution in [0, 0.1) is 0 Å². The van der Waals surface area contributed by atoms with Crippen molar-refractivity contribution in [3.8, 4) is 17.0 Å². The summed E-state index contributed by atoms with van der Waals surface area (Å²) in [6.45, 7) is 0. The number of nitrogens with two attached hydrogens (primary N) is 1. The zero-order valence-electron chi connectivity index (χ0n) is 10.00. The van der Waals surface area contributed by atoms with Crippen LogP contribution in [0.4, 0.5) is 5.69 Å². The molecule has 0 unspecified atom stereocenters. The Labute approximate surface area is 105 Å². The molecule has 3 aromatic rings. The molecule has 0 bridgehead atoms. The molecule has 18 heavy (non-hydrogen) atoms. The van der Waals surface area contributed by atoms with Crippen molar-refractivity contribution in [3.63, 3.8) is 0 Å². The zero-order chi connectivity index (χ0) is 12.5. The molecule has 2 aromatic heterocycles. The second-order valence-corrected chi connectivity index (χ2v) is 4.06. The van der Waals surface area contributed by atoms with Crippen LogP contribution in [0.2, 0.25) is 0 Å². The molecular formula is C14H13N3O. The summed E-state index contributed by atoms with van der Waals surface area (Å²) >= 11 is 0. The first-order chi connectivity index (χ1) is 8.78. The van der Waals surface area contributed by atoms with E-state index in [1.165, 1.54) is 0 Å². The summed E-state index contributed by atoms with van der Waals surface area (Å²) in [7, 11) is 1.65. The van der Waals surface area contributed by atoms with Gasteiger partial charge in [0.15, 0.2) is 0 Å². The van der Waals surface area contributed by atoms with Gasteiger partial charge >= 0.3 is 0 Å². The summed E-state index contributed by atoms with van der Waals surface area (Å²) in [4.78, 5) is 4.38. The Morgan fingerprint density at radius 1 is 1.22 bits per heavy atom. The van der Waals surface area contributed by atoms with Gasteiger partial charge in [0.2, 0.25) is 0 Å². The monoisotopic (exact) mass is 239 g/mol. The van der Waals surface area contributed by atoms with E-state index in [0.717, 1.165) is 28.3 Å². The number of ether oxygens (including phenoxy) is 1. The van der Waals surface area contributed by atoms with Gasteiger partial charge in [-0.3, -0.25) is 4.40 Å². The van der Waals surface area contributed by atoms with Crippen molar-refractivity contribution in [1.29, 1.82) is 0 Å². The minimum atomic E-state index is 0.746. The van der Waals surface area contributed by atoms with Crippen LogP contribution >= 0.6 is 0 Å². The largest absolute Gasteiger partial charge is 0.497 e. The van der Waals surface area contributed by atoms with Gasteiger partial charge in [-0.25, -0.2) is 4.98 Å². The van der Waals surface area contributed by atoms with Gasteiger partial charge in [0, 0.05) is 23.5 Å². The average Bonchev–Trinajstić information content (AvgIpc) is 2.81. The molecule has 0 amide bonds. The molecule has 0 atom stereocenters. The molecule has 4 heteroatoms.